The molecule has 0 saturated carbocycles. The highest BCUT2D eigenvalue weighted by molar-refractivity contribution is 5.91. The Labute approximate surface area is 162 Å². The number of aromatic nitrogens is 2. The van der Waals surface area contributed by atoms with Crippen molar-refractivity contribution in [3.8, 4) is 0 Å². The smallest absolute Gasteiger partial charge is 0.319 e. The summed E-state index contributed by atoms with van der Waals surface area (Å²) in [5.41, 5.74) is 1.88. The molecule has 0 aliphatic heterocycles. The SMILES string of the molecule is CCNC(=O)Nc1cnccc1C(NC(=O)CO)c1cccc2ccncc12. The third-order valence-electron chi connectivity index (χ3n) is 4.23. The molecule has 28 heavy (non-hydrogen) atoms. The zero-order valence-corrected chi connectivity index (χ0v) is 15.3. The van der Waals surface area contributed by atoms with Crippen LogP contribution in [-0.4, -0.2) is 40.2 Å². The number of hydrogen-bond acceptors (Lipinski definition) is 5. The molecule has 4 N–H and O–H groups in total. The van der Waals surface area contributed by atoms with E-state index in [1.165, 1.54) is 6.20 Å². The molecule has 3 rings (SSSR count). The van der Waals surface area contributed by atoms with Gasteiger partial charge in [-0.3, -0.25) is 14.8 Å². The van der Waals surface area contributed by atoms with E-state index in [9.17, 15) is 14.7 Å². The van der Waals surface area contributed by atoms with Crippen LogP contribution >= 0.6 is 0 Å². The summed E-state index contributed by atoms with van der Waals surface area (Å²) in [5, 5.41) is 19.3. The number of urea groups is 1. The van der Waals surface area contributed by atoms with Crippen LogP contribution in [0.15, 0.2) is 55.1 Å². The molecule has 0 fully saturated rings. The van der Waals surface area contributed by atoms with Crippen molar-refractivity contribution < 1.29 is 14.7 Å². The first-order chi connectivity index (χ1) is 13.6. The molecule has 0 aliphatic carbocycles. The van der Waals surface area contributed by atoms with E-state index in [0.29, 0.717) is 17.8 Å². The maximum Gasteiger partial charge on any atom is 0.319 e. The van der Waals surface area contributed by atoms with Crippen molar-refractivity contribution in [1.82, 2.24) is 20.6 Å². The van der Waals surface area contributed by atoms with Crippen molar-refractivity contribution in [2.24, 2.45) is 0 Å². The molecule has 1 atom stereocenters. The lowest BCUT2D eigenvalue weighted by Gasteiger charge is -2.23. The number of hydrogen-bond donors (Lipinski definition) is 4. The minimum Gasteiger partial charge on any atom is -0.387 e. The Bertz CT molecular complexity index is 987. The van der Waals surface area contributed by atoms with Crippen LogP contribution in [0.5, 0.6) is 0 Å². The molecule has 3 amide bonds. The predicted molar refractivity (Wildman–Crippen MR) is 106 cm³/mol. The summed E-state index contributed by atoms with van der Waals surface area (Å²) in [7, 11) is 0. The molecule has 0 aliphatic rings. The molecule has 1 aromatic carbocycles. The Morgan fingerprint density at radius 1 is 1.07 bits per heavy atom. The second-order valence-electron chi connectivity index (χ2n) is 6.05. The lowest BCUT2D eigenvalue weighted by molar-refractivity contribution is -0.124. The van der Waals surface area contributed by atoms with Crippen LogP contribution in [0, 0.1) is 0 Å². The normalized spacial score (nSPS) is 11.6. The molecule has 2 aromatic heterocycles. The van der Waals surface area contributed by atoms with Crippen LogP contribution in [0.1, 0.15) is 24.1 Å². The summed E-state index contributed by atoms with van der Waals surface area (Å²) in [6.07, 6.45) is 6.52. The van der Waals surface area contributed by atoms with E-state index in [4.69, 9.17) is 0 Å². The fourth-order valence-electron chi connectivity index (χ4n) is 3.01. The van der Waals surface area contributed by atoms with Gasteiger partial charge in [0.25, 0.3) is 0 Å². The molecular formula is C20H21N5O3. The fraction of sp³-hybridized carbons (Fsp3) is 0.200. The van der Waals surface area contributed by atoms with E-state index in [2.05, 4.69) is 25.9 Å². The van der Waals surface area contributed by atoms with Crippen LogP contribution in [0.2, 0.25) is 0 Å². The molecule has 0 bridgehead atoms. The van der Waals surface area contributed by atoms with Gasteiger partial charge < -0.3 is 21.1 Å². The van der Waals surface area contributed by atoms with E-state index in [1.807, 2.05) is 31.2 Å². The van der Waals surface area contributed by atoms with Crippen molar-refractivity contribution in [2.75, 3.05) is 18.5 Å². The maximum atomic E-state index is 12.0. The van der Waals surface area contributed by atoms with Crippen molar-refractivity contribution in [3.63, 3.8) is 0 Å². The zero-order valence-electron chi connectivity index (χ0n) is 15.3. The quantitative estimate of drug-likeness (QED) is 0.522. The lowest BCUT2D eigenvalue weighted by atomic mass is 9.94. The monoisotopic (exact) mass is 379 g/mol. The Morgan fingerprint density at radius 3 is 2.64 bits per heavy atom. The predicted octanol–water partition coefficient (Wildman–Crippen LogP) is 1.97. The molecule has 2 heterocycles. The van der Waals surface area contributed by atoms with Crippen molar-refractivity contribution in [3.05, 3.63) is 66.2 Å². The summed E-state index contributed by atoms with van der Waals surface area (Å²) < 4.78 is 0. The van der Waals surface area contributed by atoms with Crippen LogP contribution in [0.4, 0.5) is 10.5 Å². The largest absolute Gasteiger partial charge is 0.387 e. The number of amides is 3. The van der Waals surface area contributed by atoms with Crippen LogP contribution < -0.4 is 16.0 Å². The van der Waals surface area contributed by atoms with E-state index < -0.39 is 18.6 Å². The number of carbonyl (C=O) groups excluding carboxylic acids is 2. The van der Waals surface area contributed by atoms with Gasteiger partial charge in [-0.25, -0.2) is 4.79 Å². The molecule has 0 radical (unpaired) electrons. The third kappa shape index (κ3) is 4.24. The molecule has 0 spiro atoms. The number of aliphatic hydroxyl groups is 1. The highest BCUT2D eigenvalue weighted by Crippen LogP contribution is 2.32. The number of pyridine rings is 2. The Balaban J connectivity index is 2.11. The van der Waals surface area contributed by atoms with Gasteiger partial charge in [0.2, 0.25) is 5.91 Å². The lowest BCUT2D eigenvalue weighted by Crippen LogP contribution is -2.33. The van der Waals surface area contributed by atoms with Gasteiger partial charge in [0.1, 0.15) is 6.61 Å². The van der Waals surface area contributed by atoms with Gasteiger partial charge in [-0.05, 0) is 30.0 Å². The molecule has 8 heteroatoms. The molecule has 8 nitrogen and oxygen atoms in total. The molecular weight excluding hydrogens is 358 g/mol. The number of fused-ring (bicyclic) bond motifs is 1. The summed E-state index contributed by atoms with van der Waals surface area (Å²) in [4.78, 5) is 32.3. The minimum atomic E-state index is -0.649. The first-order valence-electron chi connectivity index (χ1n) is 8.85. The number of nitrogens with zero attached hydrogens (tertiary/aromatic N) is 2. The number of benzene rings is 1. The van der Waals surface area contributed by atoms with E-state index in [-0.39, 0.29) is 6.03 Å². The molecule has 3 aromatic rings. The van der Waals surface area contributed by atoms with E-state index in [0.717, 1.165) is 16.3 Å². The van der Waals surface area contributed by atoms with Gasteiger partial charge in [-0.2, -0.15) is 0 Å². The number of aliphatic hydroxyl groups excluding tert-OH is 1. The number of carbonyl (C=O) groups is 2. The summed E-state index contributed by atoms with van der Waals surface area (Å²) in [5.74, 6) is -0.535. The summed E-state index contributed by atoms with van der Waals surface area (Å²) in [6, 6.07) is 8.32. The van der Waals surface area contributed by atoms with Crippen molar-refractivity contribution in [1.29, 1.82) is 0 Å². The summed E-state index contributed by atoms with van der Waals surface area (Å²) >= 11 is 0. The third-order valence-corrected chi connectivity index (χ3v) is 4.23. The highest BCUT2D eigenvalue weighted by Gasteiger charge is 2.22. The van der Waals surface area contributed by atoms with E-state index >= 15 is 0 Å². The maximum absolute atomic E-state index is 12.0. The Kier molecular flexibility index (Phi) is 6.13. The average molecular weight is 379 g/mol. The van der Waals surface area contributed by atoms with E-state index in [1.54, 1.807) is 24.7 Å². The first-order valence-corrected chi connectivity index (χ1v) is 8.85. The Morgan fingerprint density at radius 2 is 1.86 bits per heavy atom. The topological polar surface area (TPSA) is 116 Å². The Hall–Kier alpha value is -3.52. The van der Waals surface area contributed by atoms with Gasteiger partial charge in [0.15, 0.2) is 0 Å². The van der Waals surface area contributed by atoms with Gasteiger partial charge in [0.05, 0.1) is 17.9 Å². The minimum absolute atomic E-state index is 0.372. The zero-order chi connectivity index (χ0) is 19.9. The standard InChI is InChI=1S/C20H21N5O3/c1-2-23-20(28)24-17-11-22-9-7-15(17)19(25-18(27)12-26)14-5-3-4-13-6-8-21-10-16(13)14/h3-11,19,26H,2,12H2,1H3,(H,25,27)(H2,23,24,28). The second kappa shape index (κ2) is 8.92. The van der Waals surface area contributed by atoms with Crippen molar-refractivity contribution in [2.45, 2.75) is 13.0 Å². The van der Waals surface area contributed by atoms with Gasteiger partial charge in [-0.1, -0.05) is 18.2 Å². The second-order valence-corrected chi connectivity index (χ2v) is 6.05. The molecule has 0 saturated heterocycles. The van der Waals surface area contributed by atoms with Crippen LogP contribution in [-0.2, 0) is 4.79 Å². The molecule has 144 valence electrons. The number of anilines is 1. The average Bonchev–Trinajstić information content (AvgIpc) is 2.72. The first kappa shape index (κ1) is 19.2. The van der Waals surface area contributed by atoms with Crippen LogP contribution in [0.3, 0.4) is 0 Å². The highest BCUT2D eigenvalue weighted by atomic mass is 16.3. The number of rotatable bonds is 6. The molecule has 1 unspecified atom stereocenters. The number of nitrogens with one attached hydrogen (secondary N) is 3. The summed E-state index contributed by atoms with van der Waals surface area (Å²) in [6.45, 7) is 1.64. The van der Waals surface area contributed by atoms with Gasteiger partial charge >= 0.3 is 6.03 Å². The van der Waals surface area contributed by atoms with Gasteiger partial charge in [-0.15, -0.1) is 0 Å². The fourth-order valence-corrected chi connectivity index (χ4v) is 3.01. The van der Waals surface area contributed by atoms with Crippen molar-refractivity contribution >= 4 is 28.4 Å². The van der Waals surface area contributed by atoms with Gasteiger partial charge in [0, 0.05) is 36.1 Å². The van der Waals surface area contributed by atoms with Crippen LogP contribution in [0.25, 0.3) is 10.8 Å².